The summed E-state index contributed by atoms with van der Waals surface area (Å²) in [6, 6.07) is 4.92. The molecule has 0 aliphatic rings. The molecule has 0 fully saturated rings. The van der Waals surface area contributed by atoms with Gasteiger partial charge in [0.05, 0.1) is 9.95 Å². The summed E-state index contributed by atoms with van der Waals surface area (Å²) in [7, 11) is 1.59. The molecule has 1 aromatic heterocycles. The topological polar surface area (TPSA) is 90.2 Å². The van der Waals surface area contributed by atoms with Gasteiger partial charge in [-0.25, -0.2) is 4.98 Å². The highest BCUT2D eigenvalue weighted by molar-refractivity contribution is 9.10. The van der Waals surface area contributed by atoms with Crippen molar-refractivity contribution in [1.29, 1.82) is 0 Å². The zero-order valence-electron chi connectivity index (χ0n) is 10.1. The molecule has 9 heteroatoms. The van der Waals surface area contributed by atoms with Gasteiger partial charge in [0.2, 0.25) is 5.95 Å². The first kappa shape index (κ1) is 14.5. The maximum atomic E-state index is 10.9. The van der Waals surface area contributed by atoms with E-state index in [0.29, 0.717) is 5.02 Å². The van der Waals surface area contributed by atoms with Gasteiger partial charge in [-0.3, -0.25) is 10.1 Å². The zero-order chi connectivity index (χ0) is 14.7. The summed E-state index contributed by atoms with van der Waals surface area (Å²) in [5.41, 5.74) is -0.347. The van der Waals surface area contributed by atoms with Crippen LogP contribution >= 0.6 is 27.5 Å². The van der Waals surface area contributed by atoms with Crippen molar-refractivity contribution in [3.8, 4) is 11.6 Å². The Morgan fingerprint density at radius 3 is 2.90 bits per heavy atom. The molecule has 1 N–H and O–H groups in total. The smallest absolute Gasteiger partial charge is 0.349 e. The van der Waals surface area contributed by atoms with E-state index in [1.54, 1.807) is 25.2 Å². The summed E-state index contributed by atoms with van der Waals surface area (Å²) in [5, 5.41) is 13.9. The first-order chi connectivity index (χ1) is 9.51. The molecule has 20 heavy (non-hydrogen) atoms. The normalized spacial score (nSPS) is 10.2. The maximum Gasteiger partial charge on any atom is 0.349 e. The molecule has 1 heterocycles. The van der Waals surface area contributed by atoms with Gasteiger partial charge in [0.15, 0.2) is 0 Å². The molecule has 0 saturated heterocycles. The van der Waals surface area contributed by atoms with Crippen molar-refractivity contribution in [2.75, 3.05) is 12.4 Å². The Hall–Kier alpha value is -1.93. The lowest BCUT2D eigenvalue weighted by atomic mass is 10.3. The fourth-order valence-electron chi connectivity index (χ4n) is 1.34. The van der Waals surface area contributed by atoms with Gasteiger partial charge in [0.1, 0.15) is 11.9 Å². The van der Waals surface area contributed by atoms with Crippen LogP contribution in [-0.4, -0.2) is 21.9 Å². The second-order valence-electron chi connectivity index (χ2n) is 3.57. The summed E-state index contributed by atoms with van der Waals surface area (Å²) in [4.78, 5) is 18.0. The van der Waals surface area contributed by atoms with Crippen molar-refractivity contribution in [1.82, 2.24) is 9.97 Å². The summed E-state index contributed by atoms with van der Waals surface area (Å²) in [6.07, 6.45) is 1.07. The molecule has 0 unspecified atom stereocenters. The van der Waals surface area contributed by atoms with E-state index in [1.165, 1.54) is 0 Å². The Kier molecular flexibility index (Phi) is 4.35. The van der Waals surface area contributed by atoms with Gasteiger partial charge in [0.25, 0.3) is 0 Å². The monoisotopic (exact) mass is 358 g/mol. The van der Waals surface area contributed by atoms with Gasteiger partial charge in [-0.05, 0) is 18.2 Å². The number of rotatable bonds is 4. The summed E-state index contributed by atoms with van der Waals surface area (Å²) < 4.78 is 6.15. The molecular weight excluding hydrogens is 352 g/mol. The number of nitro groups is 1. The first-order valence-electron chi connectivity index (χ1n) is 5.33. The average molecular weight is 360 g/mol. The van der Waals surface area contributed by atoms with Gasteiger partial charge < -0.3 is 10.1 Å². The molecule has 0 radical (unpaired) electrons. The molecule has 0 atom stereocenters. The van der Waals surface area contributed by atoms with Crippen molar-refractivity contribution >= 4 is 39.2 Å². The van der Waals surface area contributed by atoms with Crippen LogP contribution in [0, 0.1) is 10.1 Å². The van der Waals surface area contributed by atoms with Gasteiger partial charge >= 0.3 is 11.6 Å². The molecule has 0 aliphatic carbocycles. The van der Waals surface area contributed by atoms with Crippen molar-refractivity contribution < 1.29 is 9.66 Å². The highest BCUT2D eigenvalue weighted by atomic mass is 79.9. The summed E-state index contributed by atoms with van der Waals surface area (Å²) in [5.74, 6) is 0.274. The Morgan fingerprint density at radius 1 is 1.50 bits per heavy atom. The molecule has 2 rings (SSSR count). The molecule has 2 aromatic rings. The van der Waals surface area contributed by atoms with E-state index < -0.39 is 4.92 Å². The van der Waals surface area contributed by atoms with Crippen LogP contribution in [0.3, 0.4) is 0 Å². The Balaban J connectivity index is 2.45. The Labute approximate surface area is 127 Å². The van der Waals surface area contributed by atoms with Crippen LogP contribution in [0.15, 0.2) is 28.9 Å². The molecule has 0 aliphatic heterocycles. The third kappa shape index (κ3) is 3.14. The SMILES string of the molecule is CNc1ncc([N+](=O)[O-])c(Oc2cc(Br)ccc2Cl)n1. The van der Waals surface area contributed by atoms with E-state index in [1.807, 2.05) is 0 Å². The molecule has 0 amide bonds. The predicted molar refractivity (Wildman–Crippen MR) is 77.5 cm³/mol. The molecule has 0 saturated carbocycles. The number of halogens is 2. The summed E-state index contributed by atoms with van der Waals surface area (Å²) in [6.45, 7) is 0. The number of benzene rings is 1. The lowest BCUT2D eigenvalue weighted by molar-refractivity contribution is -0.386. The quantitative estimate of drug-likeness (QED) is 0.662. The van der Waals surface area contributed by atoms with Crippen LogP contribution in [0.4, 0.5) is 11.6 Å². The number of hydrogen-bond donors (Lipinski definition) is 1. The van der Waals surface area contributed by atoms with Crippen LogP contribution in [0.5, 0.6) is 11.6 Å². The third-order valence-electron chi connectivity index (χ3n) is 2.26. The van der Waals surface area contributed by atoms with E-state index in [-0.39, 0.29) is 23.3 Å². The third-order valence-corrected chi connectivity index (χ3v) is 3.06. The van der Waals surface area contributed by atoms with E-state index in [0.717, 1.165) is 10.7 Å². The second kappa shape index (κ2) is 6.02. The highest BCUT2D eigenvalue weighted by Gasteiger charge is 2.20. The van der Waals surface area contributed by atoms with Crippen molar-refractivity contribution in [2.45, 2.75) is 0 Å². The summed E-state index contributed by atoms with van der Waals surface area (Å²) >= 11 is 9.24. The molecule has 0 spiro atoms. The zero-order valence-corrected chi connectivity index (χ0v) is 12.5. The molecule has 104 valence electrons. The standard InChI is InChI=1S/C11H8BrClN4O3/c1-14-11-15-5-8(17(18)19)10(16-11)20-9-4-6(12)2-3-7(9)13/h2-5H,1H3,(H,14,15,16). The fraction of sp³-hybridized carbons (Fsp3) is 0.0909. The number of hydrogen-bond acceptors (Lipinski definition) is 6. The van der Waals surface area contributed by atoms with E-state index in [2.05, 4.69) is 31.2 Å². The fourth-order valence-corrected chi connectivity index (χ4v) is 1.84. The van der Waals surface area contributed by atoms with Crippen LogP contribution in [-0.2, 0) is 0 Å². The minimum Gasteiger partial charge on any atom is -0.432 e. The minimum absolute atomic E-state index is 0.186. The van der Waals surface area contributed by atoms with E-state index in [9.17, 15) is 10.1 Å². The maximum absolute atomic E-state index is 10.9. The number of nitrogens with one attached hydrogen (secondary N) is 1. The van der Waals surface area contributed by atoms with Crippen molar-refractivity contribution in [2.24, 2.45) is 0 Å². The number of ether oxygens (including phenoxy) is 1. The van der Waals surface area contributed by atoms with E-state index in [4.69, 9.17) is 16.3 Å². The number of aromatic nitrogens is 2. The molecule has 0 bridgehead atoms. The lowest BCUT2D eigenvalue weighted by Crippen LogP contribution is -2.02. The Morgan fingerprint density at radius 2 is 2.25 bits per heavy atom. The molecule has 7 nitrogen and oxygen atoms in total. The second-order valence-corrected chi connectivity index (χ2v) is 4.89. The van der Waals surface area contributed by atoms with E-state index >= 15 is 0 Å². The minimum atomic E-state index is -0.624. The molecular formula is C11H8BrClN4O3. The van der Waals surface area contributed by atoms with Crippen molar-refractivity contribution in [3.05, 3.63) is 44.0 Å². The van der Waals surface area contributed by atoms with Crippen LogP contribution in [0.25, 0.3) is 0 Å². The lowest BCUT2D eigenvalue weighted by Gasteiger charge is -2.08. The van der Waals surface area contributed by atoms with Gasteiger partial charge in [-0.2, -0.15) is 4.98 Å². The first-order valence-corrected chi connectivity index (χ1v) is 6.50. The van der Waals surface area contributed by atoms with Crippen LogP contribution in [0.1, 0.15) is 0 Å². The number of anilines is 1. The van der Waals surface area contributed by atoms with Crippen LogP contribution < -0.4 is 10.1 Å². The number of nitrogens with zero attached hydrogens (tertiary/aromatic N) is 3. The van der Waals surface area contributed by atoms with Crippen LogP contribution in [0.2, 0.25) is 5.02 Å². The van der Waals surface area contributed by atoms with Gasteiger partial charge in [0, 0.05) is 11.5 Å². The van der Waals surface area contributed by atoms with Gasteiger partial charge in [-0.15, -0.1) is 0 Å². The average Bonchev–Trinajstić information content (AvgIpc) is 2.42. The Bertz CT molecular complexity index is 668. The van der Waals surface area contributed by atoms with Gasteiger partial charge in [-0.1, -0.05) is 27.5 Å². The largest absolute Gasteiger partial charge is 0.432 e. The predicted octanol–water partition coefficient (Wildman–Crippen LogP) is 3.63. The molecule has 1 aromatic carbocycles. The van der Waals surface area contributed by atoms with Crippen molar-refractivity contribution in [3.63, 3.8) is 0 Å². The highest BCUT2D eigenvalue weighted by Crippen LogP contribution is 2.35.